The van der Waals surface area contributed by atoms with Gasteiger partial charge in [-0.15, -0.1) is 0 Å². The van der Waals surface area contributed by atoms with Crippen LogP contribution < -0.4 is 0 Å². The zero-order valence-corrected chi connectivity index (χ0v) is 14.4. The number of carboxylic acid groups (broad SMARTS) is 1. The van der Waals surface area contributed by atoms with Crippen molar-refractivity contribution in [1.82, 2.24) is 4.90 Å². The molecule has 2 rings (SSSR count). The van der Waals surface area contributed by atoms with E-state index in [1.807, 2.05) is 42.2 Å². The zero-order valence-electron chi connectivity index (χ0n) is 14.4. The molecule has 3 atom stereocenters. The predicted molar refractivity (Wildman–Crippen MR) is 91.7 cm³/mol. The van der Waals surface area contributed by atoms with Gasteiger partial charge in [-0.25, -0.2) is 0 Å². The number of aliphatic hydroxyl groups excluding tert-OH is 1. The fourth-order valence-electron chi connectivity index (χ4n) is 3.39. The van der Waals surface area contributed by atoms with Gasteiger partial charge < -0.3 is 15.1 Å². The molecule has 1 aromatic rings. The summed E-state index contributed by atoms with van der Waals surface area (Å²) in [5.74, 6) is -1.02. The number of hydrogen-bond acceptors (Lipinski definition) is 4. The van der Waals surface area contributed by atoms with Gasteiger partial charge in [0.25, 0.3) is 0 Å². The van der Waals surface area contributed by atoms with Crippen LogP contribution in [0.2, 0.25) is 0 Å². The molecule has 1 heterocycles. The van der Waals surface area contributed by atoms with E-state index in [2.05, 4.69) is 0 Å². The Morgan fingerprint density at radius 3 is 2.56 bits per heavy atom. The summed E-state index contributed by atoms with van der Waals surface area (Å²) in [6, 6.07) is 9.73. The van der Waals surface area contributed by atoms with Crippen LogP contribution >= 0.6 is 0 Å². The van der Waals surface area contributed by atoms with E-state index in [9.17, 15) is 19.5 Å². The minimum Gasteiger partial charge on any atom is -0.481 e. The topological polar surface area (TPSA) is 94.9 Å². The molecule has 0 aliphatic carbocycles. The van der Waals surface area contributed by atoms with Crippen LogP contribution in [0.15, 0.2) is 30.3 Å². The maximum Gasteiger partial charge on any atom is 0.305 e. The Morgan fingerprint density at radius 1 is 1.24 bits per heavy atom. The molecule has 1 aliphatic heterocycles. The van der Waals surface area contributed by atoms with Gasteiger partial charge in [0.05, 0.1) is 12.5 Å². The highest BCUT2D eigenvalue weighted by atomic mass is 16.4. The van der Waals surface area contributed by atoms with Crippen molar-refractivity contribution in [3.63, 3.8) is 0 Å². The van der Waals surface area contributed by atoms with E-state index in [-0.39, 0.29) is 36.5 Å². The van der Waals surface area contributed by atoms with Gasteiger partial charge in [-0.1, -0.05) is 37.3 Å². The monoisotopic (exact) mass is 347 g/mol. The quantitative estimate of drug-likeness (QED) is 0.712. The van der Waals surface area contributed by atoms with E-state index < -0.39 is 18.5 Å². The van der Waals surface area contributed by atoms with Gasteiger partial charge >= 0.3 is 5.97 Å². The summed E-state index contributed by atoms with van der Waals surface area (Å²) in [5.41, 5.74) is 1.05. The summed E-state index contributed by atoms with van der Waals surface area (Å²) in [6.07, 6.45) is -0.465. The maximum absolute atomic E-state index is 12.3. The average Bonchev–Trinajstić information content (AvgIpc) is 2.79. The molecule has 1 fully saturated rings. The molecule has 1 amide bonds. The second kappa shape index (κ2) is 8.76. The highest BCUT2D eigenvalue weighted by molar-refractivity contribution is 5.81. The first-order valence-corrected chi connectivity index (χ1v) is 8.61. The molecule has 0 bridgehead atoms. The summed E-state index contributed by atoms with van der Waals surface area (Å²) in [6.45, 7) is 2.54. The molecule has 0 radical (unpaired) electrons. The third-order valence-electron chi connectivity index (χ3n) is 4.66. The second-order valence-electron chi connectivity index (χ2n) is 6.79. The Balaban J connectivity index is 1.90. The summed E-state index contributed by atoms with van der Waals surface area (Å²) in [7, 11) is 0. The summed E-state index contributed by atoms with van der Waals surface area (Å²) in [4.78, 5) is 36.6. The number of aliphatic hydroxyl groups is 1. The Kier molecular flexibility index (Phi) is 6.70. The molecule has 6 nitrogen and oxygen atoms in total. The van der Waals surface area contributed by atoms with Crippen LogP contribution in [0.5, 0.6) is 0 Å². The first-order valence-electron chi connectivity index (χ1n) is 8.61. The summed E-state index contributed by atoms with van der Waals surface area (Å²) in [5, 5.41) is 18.2. The van der Waals surface area contributed by atoms with Gasteiger partial charge in [-0.05, 0) is 17.9 Å². The lowest BCUT2D eigenvalue weighted by Gasteiger charge is -2.27. The smallest absolute Gasteiger partial charge is 0.305 e. The minimum atomic E-state index is -1.15. The summed E-state index contributed by atoms with van der Waals surface area (Å²) < 4.78 is 0. The van der Waals surface area contributed by atoms with E-state index in [1.54, 1.807) is 0 Å². The van der Waals surface area contributed by atoms with Crippen molar-refractivity contribution >= 4 is 17.7 Å². The average molecular weight is 347 g/mol. The van der Waals surface area contributed by atoms with Crippen molar-refractivity contribution in [2.45, 2.75) is 57.7 Å². The molecule has 1 aliphatic rings. The number of ketones is 1. The van der Waals surface area contributed by atoms with E-state index in [4.69, 9.17) is 5.11 Å². The minimum absolute atomic E-state index is 0.00623. The molecule has 0 aromatic heterocycles. The van der Waals surface area contributed by atoms with Gasteiger partial charge in [-0.3, -0.25) is 14.4 Å². The van der Waals surface area contributed by atoms with Gasteiger partial charge in [0.1, 0.15) is 5.78 Å². The van der Waals surface area contributed by atoms with Gasteiger partial charge in [0, 0.05) is 31.8 Å². The Bertz CT molecular complexity index is 616. The molecule has 0 spiro atoms. The van der Waals surface area contributed by atoms with Gasteiger partial charge in [-0.2, -0.15) is 0 Å². The number of likely N-dealkylation sites (tertiary alicyclic amines) is 1. The Hall–Kier alpha value is -2.21. The number of amides is 1. The van der Waals surface area contributed by atoms with Crippen LogP contribution in [0, 0.1) is 5.92 Å². The van der Waals surface area contributed by atoms with Crippen LogP contribution in [0.3, 0.4) is 0 Å². The number of benzene rings is 1. The molecule has 6 heteroatoms. The van der Waals surface area contributed by atoms with Crippen molar-refractivity contribution in [1.29, 1.82) is 0 Å². The lowest BCUT2D eigenvalue weighted by atomic mass is 9.95. The number of Topliss-reactive ketones (excluding diaryl/α,β-unsaturated/α-hetero) is 1. The fraction of sp³-hybridized carbons (Fsp3) is 0.526. The molecular weight excluding hydrogens is 322 g/mol. The highest BCUT2D eigenvalue weighted by Gasteiger charge is 2.36. The molecule has 2 N–H and O–H groups in total. The maximum atomic E-state index is 12.3. The van der Waals surface area contributed by atoms with Crippen molar-refractivity contribution in [2.24, 2.45) is 5.92 Å². The van der Waals surface area contributed by atoms with E-state index in [0.717, 1.165) is 5.56 Å². The predicted octanol–water partition coefficient (Wildman–Crippen LogP) is 2.00. The van der Waals surface area contributed by atoms with Gasteiger partial charge in [0.2, 0.25) is 5.91 Å². The third-order valence-corrected chi connectivity index (χ3v) is 4.66. The fourth-order valence-corrected chi connectivity index (χ4v) is 3.39. The largest absolute Gasteiger partial charge is 0.481 e. The van der Waals surface area contributed by atoms with E-state index >= 15 is 0 Å². The Labute approximate surface area is 147 Å². The van der Waals surface area contributed by atoms with E-state index in [0.29, 0.717) is 19.4 Å². The second-order valence-corrected chi connectivity index (χ2v) is 6.79. The molecule has 2 unspecified atom stereocenters. The zero-order chi connectivity index (χ0) is 18.4. The molecule has 25 heavy (non-hydrogen) atoms. The third kappa shape index (κ3) is 5.67. The first-order chi connectivity index (χ1) is 11.9. The van der Waals surface area contributed by atoms with Crippen molar-refractivity contribution in [2.75, 3.05) is 0 Å². The van der Waals surface area contributed by atoms with Crippen LogP contribution in [-0.4, -0.2) is 44.9 Å². The molecule has 1 saturated heterocycles. The lowest BCUT2D eigenvalue weighted by Crippen LogP contribution is -2.35. The molecule has 0 saturated carbocycles. The number of nitrogens with zero attached hydrogens (tertiary/aromatic N) is 1. The van der Waals surface area contributed by atoms with Crippen LogP contribution in [0.1, 0.15) is 44.6 Å². The van der Waals surface area contributed by atoms with Crippen LogP contribution in [0.25, 0.3) is 0 Å². The van der Waals surface area contributed by atoms with Crippen molar-refractivity contribution in [3.8, 4) is 0 Å². The van der Waals surface area contributed by atoms with Crippen LogP contribution in [0.4, 0.5) is 0 Å². The molecular formula is C19H25NO5. The normalized spacial score (nSPS) is 21.4. The highest BCUT2D eigenvalue weighted by Crippen LogP contribution is 2.30. The molecule has 1 aromatic carbocycles. The SMILES string of the molecule is CC1CC(=O)N(Cc2ccccc2)C1CCC(=O)C[C@@H](O)CC(=O)O. The first kappa shape index (κ1) is 19.1. The number of carboxylic acids is 1. The van der Waals surface area contributed by atoms with E-state index in [1.165, 1.54) is 0 Å². The van der Waals surface area contributed by atoms with Gasteiger partial charge in [0.15, 0.2) is 0 Å². The number of carbonyl (C=O) groups excluding carboxylic acids is 2. The Morgan fingerprint density at radius 2 is 1.92 bits per heavy atom. The number of carbonyl (C=O) groups is 3. The lowest BCUT2D eigenvalue weighted by molar-refractivity contribution is -0.139. The van der Waals surface area contributed by atoms with Crippen LogP contribution in [-0.2, 0) is 20.9 Å². The number of rotatable bonds is 9. The standard InChI is InChI=1S/C19H25NO5/c1-13-9-18(23)20(12-14-5-3-2-4-6-14)17(13)8-7-15(21)10-16(22)11-19(24)25/h2-6,13,16-17,22H,7-12H2,1H3,(H,24,25)/t13?,16-,17?/m1/s1. The number of aliphatic carboxylic acids is 1. The van der Waals surface area contributed by atoms with Crippen molar-refractivity contribution in [3.05, 3.63) is 35.9 Å². The van der Waals surface area contributed by atoms with Crippen molar-refractivity contribution < 1.29 is 24.6 Å². The summed E-state index contributed by atoms with van der Waals surface area (Å²) >= 11 is 0. The number of hydrogen-bond donors (Lipinski definition) is 2. The molecule has 136 valence electrons.